The molecule has 0 saturated carbocycles. The SMILES string of the molecule is CN1CCCCC1CNCc1cnc[nH]1. The molecule has 1 aliphatic heterocycles. The van der Waals surface area contributed by atoms with E-state index in [2.05, 4.69) is 27.2 Å². The van der Waals surface area contributed by atoms with Crippen LogP contribution in [0, 0.1) is 0 Å². The summed E-state index contributed by atoms with van der Waals surface area (Å²) in [5.41, 5.74) is 1.16. The highest BCUT2D eigenvalue weighted by Gasteiger charge is 2.17. The van der Waals surface area contributed by atoms with Crippen LogP contribution in [0.2, 0.25) is 0 Å². The van der Waals surface area contributed by atoms with Crippen molar-refractivity contribution < 1.29 is 0 Å². The molecule has 2 rings (SSSR count). The van der Waals surface area contributed by atoms with Crippen molar-refractivity contribution in [2.24, 2.45) is 0 Å². The predicted octanol–water partition coefficient (Wildman–Crippen LogP) is 0.984. The van der Waals surface area contributed by atoms with Crippen molar-refractivity contribution >= 4 is 0 Å². The Bertz CT molecular complexity index is 270. The molecule has 1 fully saturated rings. The molecule has 0 bridgehead atoms. The minimum absolute atomic E-state index is 0.710. The Morgan fingerprint density at radius 1 is 1.60 bits per heavy atom. The monoisotopic (exact) mass is 208 g/mol. The van der Waals surface area contributed by atoms with Crippen LogP contribution in [0.1, 0.15) is 25.0 Å². The van der Waals surface area contributed by atoms with E-state index in [4.69, 9.17) is 0 Å². The van der Waals surface area contributed by atoms with Crippen LogP contribution in [0.5, 0.6) is 0 Å². The van der Waals surface area contributed by atoms with E-state index >= 15 is 0 Å². The second-order valence-corrected chi connectivity index (χ2v) is 4.34. The number of H-pyrrole nitrogens is 1. The van der Waals surface area contributed by atoms with Gasteiger partial charge in [-0.2, -0.15) is 0 Å². The molecular formula is C11H20N4. The molecule has 1 saturated heterocycles. The van der Waals surface area contributed by atoms with E-state index in [1.165, 1.54) is 25.8 Å². The number of nitrogens with one attached hydrogen (secondary N) is 2. The van der Waals surface area contributed by atoms with Crippen molar-refractivity contribution in [1.29, 1.82) is 0 Å². The van der Waals surface area contributed by atoms with Crippen molar-refractivity contribution in [2.45, 2.75) is 31.8 Å². The number of likely N-dealkylation sites (tertiary alicyclic amines) is 1. The molecule has 0 aliphatic carbocycles. The minimum Gasteiger partial charge on any atom is -0.347 e. The summed E-state index contributed by atoms with van der Waals surface area (Å²) in [5, 5.41) is 3.48. The summed E-state index contributed by atoms with van der Waals surface area (Å²) in [6.07, 6.45) is 7.65. The van der Waals surface area contributed by atoms with Gasteiger partial charge in [0.15, 0.2) is 0 Å². The zero-order valence-electron chi connectivity index (χ0n) is 9.37. The molecule has 1 aromatic rings. The fourth-order valence-corrected chi connectivity index (χ4v) is 2.16. The van der Waals surface area contributed by atoms with Gasteiger partial charge in [0.25, 0.3) is 0 Å². The lowest BCUT2D eigenvalue weighted by molar-refractivity contribution is 0.181. The number of rotatable bonds is 4. The summed E-state index contributed by atoms with van der Waals surface area (Å²) in [6.45, 7) is 3.22. The first kappa shape index (κ1) is 10.6. The van der Waals surface area contributed by atoms with E-state index in [1.807, 2.05) is 6.20 Å². The predicted molar refractivity (Wildman–Crippen MR) is 60.6 cm³/mol. The number of hydrogen-bond acceptors (Lipinski definition) is 3. The number of nitrogens with zero attached hydrogens (tertiary/aromatic N) is 2. The second-order valence-electron chi connectivity index (χ2n) is 4.34. The van der Waals surface area contributed by atoms with E-state index in [0.717, 1.165) is 18.8 Å². The normalized spacial score (nSPS) is 23.1. The Kier molecular flexibility index (Phi) is 3.75. The molecule has 2 heterocycles. The number of hydrogen-bond donors (Lipinski definition) is 2. The van der Waals surface area contributed by atoms with Crippen molar-refractivity contribution in [3.63, 3.8) is 0 Å². The summed E-state index contributed by atoms with van der Waals surface area (Å²) in [6, 6.07) is 0.710. The molecule has 1 aliphatic rings. The molecule has 0 spiro atoms. The van der Waals surface area contributed by atoms with Gasteiger partial charge in [-0.3, -0.25) is 0 Å². The summed E-state index contributed by atoms with van der Waals surface area (Å²) in [5.74, 6) is 0. The highest BCUT2D eigenvalue weighted by Crippen LogP contribution is 2.13. The number of aromatic amines is 1. The van der Waals surface area contributed by atoms with E-state index in [-0.39, 0.29) is 0 Å². The average molecular weight is 208 g/mol. The van der Waals surface area contributed by atoms with Gasteiger partial charge in [0.1, 0.15) is 0 Å². The van der Waals surface area contributed by atoms with Crippen LogP contribution in [-0.4, -0.2) is 41.0 Å². The Morgan fingerprint density at radius 3 is 3.27 bits per heavy atom. The third-order valence-electron chi connectivity index (χ3n) is 3.17. The van der Waals surface area contributed by atoms with Gasteiger partial charge in [0.05, 0.1) is 6.33 Å². The lowest BCUT2D eigenvalue weighted by Gasteiger charge is -2.32. The molecule has 1 atom stereocenters. The summed E-state index contributed by atoms with van der Waals surface area (Å²) >= 11 is 0. The van der Waals surface area contributed by atoms with Crippen LogP contribution in [0.3, 0.4) is 0 Å². The Hall–Kier alpha value is -0.870. The maximum atomic E-state index is 4.00. The standard InChI is InChI=1S/C11H20N4/c1-15-5-3-2-4-11(15)8-12-6-10-7-13-9-14-10/h7,9,11-12H,2-6,8H2,1H3,(H,13,14). The molecule has 84 valence electrons. The van der Waals surface area contributed by atoms with Crippen LogP contribution in [0.15, 0.2) is 12.5 Å². The Morgan fingerprint density at radius 2 is 2.53 bits per heavy atom. The zero-order valence-corrected chi connectivity index (χ0v) is 9.37. The highest BCUT2D eigenvalue weighted by molar-refractivity contribution is 4.93. The van der Waals surface area contributed by atoms with Crippen LogP contribution < -0.4 is 5.32 Å². The van der Waals surface area contributed by atoms with Gasteiger partial charge in [0.2, 0.25) is 0 Å². The van der Waals surface area contributed by atoms with Crippen molar-refractivity contribution in [3.05, 3.63) is 18.2 Å². The van der Waals surface area contributed by atoms with Gasteiger partial charge in [-0.15, -0.1) is 0 Å². The van der Waals surface area contributed by atoms with Gasteiger partial charge in [0, 0.05) is 31.0 Å². The molecule has 1 aromatic heterocycles. The van der Waals surface area contributed by atoms with Gasteiger partial charge in [-0.25, -0.2) is 4.98 Å². The molecule has 4 nitrogen and oxygen atoms in total. The first-order valence-electron chi connectivity index (χ1n) is 5.74. The topological polar surface area (TPSA) is 44.0 Å². The first-order chi connectivity index (χ1) is 7.36. The van der Waals surface area contributed by atoms with Crippen molar-refractivity contribution in [2.75, 3.05) is 20.1 Å². The molecule has 15 heavy (non-hydrogen) atoms. The van der Waals surface area contributed by atoms with Crippen LogP contribution in [-0.2, 0) is 6.54 Å². The number of imidazole rings is 1. The third-order valence-corrected chi connectivity index (χ3v) is 3.17. The maximum Gasteiger partial charge on any atom is 0.0922 e. The fraction of sp³-hybridized carbons (Fsp3) is 0.727. The summed E-state index contributed by atoms with van der Waals surface area (Å²) in [7, 11) is 2.22. The number of piperidine rings is 1. The molecule has 0 amide bonds. The van der Waals surface area contributed by atoms with Gasteiger partial charge >= 0.3 is 0 Å². The van der Waals surface area contributed by atoms with Crippen molar-refractivity contribution in [1.82, 2.24) is 20.2 Å². The third kappa shape index (κ3) is 3.04. The van der Waals surface area contributed by atoms with E-state index < -0.39 is 0 Å². The van der Waals surface area contributed by atoms with Gasteiger partial charge in [-0.1, -0.05) is 6.42 Å². The Balaban J connectivity index is 1.68. The average Bonchev–Trinajstić information content (AvgIpc) is 2.74. The smallest absolute Gasteiger partial charge is 0.0922 e. The number of aromatic nitrogens is 2. The van der Waals surface area contributed by atoms with Crippen LogP contribution >= 0.6 is 0 Å². The molecular weight excluding hydrogens is 188 g/mol. The molecule has 4 heteroatoms. The highest BCUT2D eigenvalue weighted by atomic mass is 15.2. The molecule has 0 aromatic carbocycles. The number of likely N-dealkylation sites (N-methyl/N-ethyl adjacent to an activating group) is 1. The summed E-state index contributed by atoms with van der Waals surface area (Å²) in [4.78, 5) is 9.56. The Labute approximate surface area is 91.1 Å². The van der Waals surface area contributed by atoms with E-state index in [9.17, 15) is 0 Å². The zero-order chi connectivity index (χ0) is 10.5. The van der Waals surface area contributed by atoms with E-state index in [0.29, 0.717) is 6.04 Å². The lowest BCUT2D eigenvalue weighted by Crippen LogP contribution is -2.42. The molecule has 1 unspecified atom stereocenters. The largest absolute Gasteiger partial charge is 0.347 e. The molecule has 2 N–H and O–H groups in total. The van der Waals surface area contributed by atoms with E-state index in [1.54, 1.807) is 6.33 Å². The van der Waals surface area contributed by atoms with Gasteiger partial charge < -0.3 is 15.2 Å². The minimum atomic E-state index is 0.710. The van der Waals surface area contributed by atoms with Crippen molar-refractivity contribution in [3.8, 4) is 0 Å². The fourth-order valence-electron chi connectivity index (χ4n) is 2.16. The van der Waals surface area contributed by atoms with Crippen LogP contribution in [0.4, 0.5) is 0 Å². The summed E-state index contributed by atoms with van der Waals surface area (Å²) < 4.78 is 0. The lowest BCUT2D eigenvalue weighted by atomic mass is 10.0. The van der Waals surface area contributed by atoms with Gasteiger partial charge in [-0.05, 0) is 26.4 Å². The first-order valence-corrected chi connectivity index (χ1v) is 5.74. The van der Waals surface area contributed by atoms with Crippen LogP contribution in [0.25, 0.3) is 0 Å². The second kappa shape index (κ2) is 5.28. The maximum absolute atomic E-state index is 4.00. The molecule has 0 radical (unpaired) electrons. The quantitative estimate of drug-likeness (QED) is 0.775.